The van der Waals surface area contributed by atoms with Crippen molar-refractivity contribution in [2.45, 2.75) is 25.8 Å². The summed E-state index contributed by atoms with van der Waals surface area (Å²) >= 11 is 3.40. The van der Waals surface area contributed by atoms with Crippen LogP contribution in [0.5, 0.6) is 0 Å². The van der Waals surface area contributed by atoms with E-state index in [1.807, 2.05) is 24.3 Å². The lowest BCUT2D eigenvalue weighted by Gasteiger charge is -2.21. The van der Waals surface area contributed by atoms with Gasteiger partial charge < -0.3 is 10.2 Å². The first kappa shape index (κ1) is 13.6. The monoisotopic (exact) mass is 310 g/mol. The molecule has 0 aliphatic carbocycles. The van der Waals surface area contributed by atoms with Crippen LogP contribution in [0.4, 0.5) is 0 Å². The molecule has 1 fully saturated rings. The summed E-state index contributed by atoms with van der Waals surface area (Å²) in [6, 6.07) is 7.70. The number of hydrogen-bond donors (Lipinski definition) is 1. The number of benzene rings is 1. The second-order valence-electron chi connectivity index (χ2n) is 4.86. The van der Waals surface area contributed by atoms with E-state index >= 15 is 0 Å². The molecule has 3 nitrogen and oxygen atoms in total. The highest BCUT2D eigenvalue weighted by Gasteiger charge is 2.17. The topological polar surface area (TPSA) is 32.3 Å². The first-order valence-corrected chi connectivity index (χ1v) is 7.24. The van der Waals surface area contributed by atoms with Crippen molar-refractivity contribution in [3.8, 4) is 0 Å². The van der Waals surface area contributed by atoms with Crippen molar-refractivity contribution in [3.05, 3.63) is 34.3 Å². The average Bonchev–Trinajstić information content (AvgIpc) is 2.82. The Morgan fingerprint density at radius 3 is 2.72 bits per heavy atom. The predicted molar refractivity (Wildman–Crippen MR) is 76.7 cm³/mol. The fourth-order valence-corrected chi connectivity index (χ4v) is 2.81. The standard InChI is InChI=1S/C14H19BrN2O/c1-11(10-17-8-4-5-9-17)16-14(18)12-6-2-3-7-13(12)15/h2-3,6-7,11H,4-5,8-10H2,1H3,(H,16,18). The lowest BCUT2D eigenvalue weighted by molar-refractivity contribution is 0.0931. The summed E-state index contributed by atoms with van der Waals surface area (Å²) in [7, 11) is 0. The van der Waals surface area contributed by atoms with Gasteiger partial charge in [-0.05, 0) is 60.9 Å². The van der Waals surface area contributed by atoms with Gasteiger partial charge in [0.2, 0.25) is 0 Å². The van der Waals surface area contributed by atoms with E-state index in [9.17, 15) is 4.79 Å². The molecule has 98 valence electrons. The molecule has 2 rings (SSSR count). The van der Waals surface area contributed by atoms with Crippen molar-refractivity contribution in [1.82, 2.24) is 10.2 Å². The molecule has 1 saturated heterocycles. The van der Waals surface area contributed by atoms with E-state index in [4.69, 9.17) is 0 Å². The van der Waals surface area contributed by atoms with Crippen LogP contribution in [0.3, 0.4) is 0 Å². The van der Waals surface area contributed by atoms with Crippen LogP contribution in [-0.4, -0.2) is 36.5 Å². The zero-order valence-corrected chi connectivity index (χ0v) is 12.2. The predicted octanol–water partition coefficient (Wildman–Crippen LogP) is 2.66. The molecule has 1 atom stereocenters. The van der Waals surface area contributed by atoms with Crippen LogP contribution < -0.4 is 5.32 Å². The number of nitrogens with one attached hydrogen (secondary N) is 1. The first-order valence-electron chi connectivity index (χ1n) is 6.44. The largest absolute Gasteiger partial charge is 0.348 e. The van der Waals surface area contributed by atoms with Gasteiger partial charge in [-0.2, -0.15) is 0 Å². The molecule has 1 aromatic carbocycles. The molecule has 1 heterocycles. The van der Waals surface area contributed by atoms with Crippen LogP contribution in [0.25, 0.3) is 0 Å². The van der Waals surface area contributed by atoms with Crippen molar-refractivity contribution in [3.63, 3.8) is 0 Å². The number of rotatable bonds is 4. The Kier molecular flexibility index (Phi) is 4.78. The molecule has 1 aliphatic heterocycles. The Hall–Kier alpha value is -0.870. The molecular weight excluding hydrogens is 292 g/mol. The minimum atomic E-state index is -0.00540. The first-order chi connectivity index (χ1) is 8.66. The molecule has 1 unspecified atom stereocenters. The average molecular weight is 311 g/mol. The molecule has 0 saturated carbocycles. The molecule has 18 heavy (non-hydrogen) atoms. The highest BCUT2D eigenvalue weighted by molar-refractivity contribution is 9.10. The summed E-state index contributed by atoms with van der Waals surface area (Å²) < 4.78 is 0.843. The van der Waals surface area contributed by atoms with Crippen molar-refractivity contribution >= 4 is 21.8 Å². The highest BCUT2D eigenvalue weighted by atomic mass is 79.9. The van der Waals surface area contributed by atoms with Gasteiger partial charge in [0.05, 0.1) is 5.56 Å². The van der Waals surface area contributed by atoms with E-state index in [0.717, 1.165) is 24.1 Å². The summed E-state index contributed by atoms with van der Waals surface area (Å²) in [4.78, 5) is 14.5. The van der Waals surface area contributed by atoms with E-state index in [1.165, 1.54) is 12.8 Å². The second kappa shape index (κ2) is 6.34. The molecule has 1 amide bonds. The van der Waals surface area contributed by atoms with E-state index in [1.54, 1.807) is 0 Å². The van der Waals surface area contributed by atoms with Gasteiger partial charge in [-0.25, -0.2) is 0 Å². The van der Waals surface area contributed by atoms with Gasteiger partial charge >= 0.3 is 0 Å². The third-order valence-electron chi connectivity index (χ3n) is 3.23. The van der Waals surface area contributed by atoms with E-state index in [2.05, 4.69) is 33.1 Å². The van der Waals surface area contributed by atoms with Crippen LogP contribution in [-0.2, 0) is 0 Å². The summed E-state index contributed by atoms with van der Waals surface area (Å²) in [6.07, 6.45) is 2.57. The van der Waals surface area contributed by atoms with Crippen molar-refractivity contribution in [1.29, 1.82) is 0 Å². The smallest absolute Gasteiger partial charge is 0.252 e. The van der Waals surface area contributed by atoms with Crippen LogP contribution in [0, 0.1) is 0 Å². The maximum atomic E-state index is 12.1. The third-order valence-corrected chi connectivity index (χ3v) is 3.92. The number of halogens is 1. The molecule has 0 spiro atoms. The Labute approximate surface area is 117 Å². The lowest BCUT2D eigenvalue weighted by Crippen LogP contribution is -2.41. The van der Waals surface area contributed by atoms with Gasteiger partial charge in [0.25, 0.3) is 5.91 Å². The van der Waals surface area contributed by atoms with E-state index in [-0.39, 0.29) is 11.9 Å². The quantitative estimate of drug-likeness (QED) is 0.927. The Balaban J connectivity index is 1.88. The summed E-state index contributed by atoms with van der Waals surface area (Å²) in [5, 5.41) is 3.05. The Morgan fingerprint density at radius 2 is 2.06 bits per heavy atom. The number of amides is 1. The SMILES string of the molecule is CC(CN1CCCC1)NC(=O)c1ccccc1Br. The Morgan fingerprint density at radius 1 is 1.39 bits per heavy atom. The number of hydrogen-bond acceptors (Lipinski definition) is 2. The Bertz CT molecular complexity index is 416. The molecule has 0 radical (unpaired) electrons. The number of carbonyl (C=O) groups excluding carboxylic acids is 1. The number of nitrogens with zero attached hydrogens (tertiary/aromatic N) is 1. The van der Waals surface area contributed by atoms with E-state index in [0.29, 0.717) is 5.56 Å². The molecule has 1 aliphatic rings. The van der Waals surface area contributed by atoms with Gasteiger partial charge in [0.1, 0.15) is 0 Å². The fraction of sp³-hybridized carbons (Fsp3) is 0.500. The van der Waals surface area contributed by atoms with Crippen LogP contribution in [0.15, 0.2) is 28.7 Å². The number of carbonyl (C=O) groups is 1. The molecule has 4 heteroatoms. The van der Waals surface area contributed by atoms with Crippen LogP contribution >= 0.6 is 15.9 Å². The van der Waals surface area contributed by atoms with E-state index < -0.39 is 0 Å². The van der Waals surface area contributed by atoms with Crippen molar-refractivity contribution in [2.24, 2.45) is 0 Å². The number of likely N-dealkylation sites (tertiary alicyclic amines) is 1. The maximum Gasteiger partial charge on any atom is 0.252 e. The second-order valence-corrected chi connectivity index (χ2v) is 5.72. The summed E-state index contributed by atoms with van der Waals surface area (Å²) in [5.74, 6) is -0.00540. The normalized spacial score (nSPS) is 17.7. The lowest BCUT2D eigenvalue weighted by atomic mass is 10.2. The zero-order chi connectivity index (χ0) is 13.0. The molecule has 1 N–H and O–H groups in total. The van der Waals surface area contributed by atoms with Gasteiger partial charge in [-0.1, -0.05) is 12.1 Å². The van der Waals surface area contributed by atoms with Gasteiger partial charge in [0.15, 0.2) is 0 Å². The summed E-state index contributed by atoms with van der Waals surface area (Å²) in [6.45, 7) is 5.33. The van der Waals surface area contributed by atoms with Gasteiger partial charge in [0, 0.05) is 17.1 Å². The van der Waals surface area contributed by atoms with Crippen molar-refractivity contribution in [2.75, 3.05) is 19.6 Å². The van der Waals surface area contributed by atoms with Gasteiger partial charge in [-0.3, -0.25) is 4.79 Å². The summed E-state index contributed by atoms with van der Waals surface area (Å²) in [5.41, 5.74) is 0.700. The van der Waals surface area contributed by atoms with Crippen LogP contribution in [0.1, 0.15) is 30.1 Å². The van der Waals surface area contributed by atoms with Gasteiger partial charge in [-0.15, -0.1) is 0 Å². The minimum Gasteiger partial charge on any atom is -0.348 e. The maximum absolute atomic E-state index is 12.1. The van der Waals surface area contributed by atoms with Crippen molar-refractivity contribution < 1.29 is 4.79 Å². The fourth-order valence-electron chi connectivity index (χ4n) is 2.35. The third kappa shape index (κ3) is 3.56. The molecule has 0 bridgehead atoms. The minimum absolute atomic E-state index is 0.00540. The van der Waals surface area contributed by atoms with Crippen LogP contribution in [0.2, 0.25) is 0 Å². The molecule has 1 aromatic rings. The molecular formula is C14H19BrN2O. The molecule has 0 aromatic heterocycles. The highest BCUT2D eigenvalue weighted by Crippen LogP contribution is 2.16. The zero-order valence-electron chi connectivity index (χ0n) is 10.7.